The zero-order valence-electron chi connectivity index (χ0n) is 14.7. The first kappa shape index (κ1) is 18.7. The van der Waals surface area contributed by atoms with Crippen molar-refractivity contribution in [2.24, 2.45) is 0 Å². The fourth-order valence-corrected chi connectivity index (χ4v) is 2.32. The van der Waals surface area contributed by atoms with E-state index in [1.54, 1.807) is 0 Å². The molecule has 0 aliphatic heterocycles. The molecule has 0 aromatic heterocycles. The van der Waals surface area contributed by atoms with E-state index in [2.05, 4.69) is 23.1 Å². The monoisotopic (exact) mass is 357 g/mol. The van der Waals surface area contributed by atoms with E-state index < -0.39 is 0 Å². The van der Waals surface area contributed by atoms with Crippen LogP contribution in [0, 0.1) is 13.8 Å². The van der Waals surface area contributed by atoms with E-state index in [1.807, 2.05) is 56.3 Å². The number of ether oxygens (including phenoxy) is 1. The van der Waals surface area contributed by atoms with Gasteiger partial charge in [-0.15, -0.1) is 0 Å². The molecule has 1 amide bonds. The Morgan fingerprint density at radius 1 is 1.08 bits per heavy atom. The number of aryl methyl sites for hydroxylation is 3. The van der Waals surface area contributed by atoms with Crippen LogP contribution in [0.15, 0.2) is 42.5 Å². The summed E-state index contributed by atoms with van der Waals surface area (Å²) in [5, 5.41) is 3.31. The van der Waals surface area contributed by atoms with Crippen LogP contribution in [0.1, 0.15) is 23.6 Å². The van der Waals surface area contributed by atoms with Gasteiger partial charge in [0.1, 0.15) is 5.75 Å². The summed E-state index contributed by atoms with van der Waals surface area (Å²) < 4.78 is 5.54. The van der Waals surface area contributed by atoms with Crippen molar-refractivity contribution in [3.05, 3.63) is 59.2 Å². The fourth-order valence-electron chi connectivity index (χ4n) is 2.15. The predicted molar refractivity (Wildman–Crippen MR) is 105 cm³/mol. The highest BCUT2D eigenvalue weighted by atomic mass is 32.1. The summed E-state index contributed by atoms with van der Waals surface area (Å²) in [5.74, 6) is 0.387. The molecule has 2 aromatic rings. The van der Waals surface area contributed by atoms with E-state index in [1.165, 1.54) is 5.56 Å². The van der Waals surface area contributed by atoms with Gasteiger partial charge in [-0.2, -0.15) is 0 Å². The van der Waals surface area contributed by atoms with Gasteiger partial charge >= 0.3 is 0 Å². The lowest BCUT2D eigenvalue weighted by molar-refractivity contribution is -0.123. The number of nitrogens with one attached hydrogen (secondary N) is 3. The molecule has 0 unspecified atom stereocenters. The number of benzene rings is 2. The van der Waals surface area contributed by atoms with Gasteiger partial charge in [0.15, 0.2) is 11.7 Å². The van der Waals surface area contributed by atoms with Crippen LogP contribution < -0.4 is 20.9 Å². The van der Waals surface area contributed by atoms with Crippen LogP contribution in [0.5, 0.6) is 5.75 Å². The van der Waals surface area contributed by atoms with Crippen molar-refractivity contribution >= 4 is 28.9 Å². The molecule has 2 aromatic carbocycles. The largest absolute Gasteiger partial charge is 0.483 e. The van der Waals surface area contributed by atoms with Crippen molar-refractivity contribution in [2.45, 2.75) is 27.2 Å². The van der Waals surface area contributed by atoms with Crippen LogP contribution in [-0.2, 0) is 11.2 Å². The topological polar surface area (TPSA) is 62.4 Å². The van der Waals surface area contributed by atoms with Crippen LogP contribution in [-0.4, -0.2) is 17.6 Å². The van der Waals surface area contributed by atoms with Gasteiger partial charge in [0, 0.05) is 5.69 Å². The quantitative estimate of drug-likeness (QED) is 0.566. The van der Waals surface area contributed by atoms with Crippen molar-refractivity contribution < 1.29 is 9.53 Å². The van der Waals surface area contributed by atoms with Crippen molar-refractivity contribution in [2.75, 3.05) is 11.9 Å². The van der Waals surface area contributed by atoms with E-state index >= 15 is 0 Å². The Hall–Kier alpha value is -2.60. The molecular formula is C19H23N3O2S. The van der Waals surface area contributed by atoms with Gasteiger partial charge < -0.3 is 10.1 Å². The van der Waals surface area contributed by atoms with Crippen LogP contribution >= 0.6 is 12.2 Å². The lowest BCUT2D eigenvalue weighted by Gasteiger charge is -2.13. The van der Waals surface area contributed by atoms with E-state index in [4.69, 9.17) is 17.0 Å². The molecule has 0 saturated heterocycles. The summed E-state index contributed by atoms with van der Waals surface area (Å²) in [6.45, 7) is 5.93. The number of carbonyl (C=O) groups excluding carboxylic acids is 1. The van der Waals surface area contributed by atoms with E-state index in [0.29, 0.717) is 10.9 Å². The Labute approximate surface area is 153 Å². The summed E-state index contributed by atoms with van der Waals surface area (Å²) >= 11 is 5.15. The molecule has 0 radical (unpaired) electrons. The van der Waals surface area contributed by atoms with E-state index in [0.717, 1.165) is 23.2 Å². The summed E-state index contributed by atoms with van der Waals surface area (Å²) in [7, 11) is 0. The van der Waals surface area contributed by atoms with Gasteiger partial charge in [0.05, 0.1) is 0 Å². The highest BCUT2D eigenvalue weighted by Gasteiger charge is 2.06. The predicted octanol–water partition coefficient (Wildman–Crippen LogP) is 3.26. The van der Waals surface area contributed by atoms with Crippen molar-refractivity contribution in [1.82, 2.24) is 10.9 Å². The molecule has 0 atom stereocenters. The molecule has 0 heterocycles. The maximum Gasteiger partial charge on any atom is 0.276 e. The number of hydrazine groups is 1. The molecule has 0 aliphatic carbocycles. The number of hydrogen-bond acceptors (Lipinski definition) is 3. The van der Waals surface area contributed by atoms with Crippen molar-refractivity contribution in [3.63, 3.8) is 0 Å². The third-order valence-corrected chi connectivity index (χ3v) is 3.84. The third kappa shape index (κ3) is 6.08. The third-order valence-electron chi connectivity index (χ3n) is 3.64. The van der Waals surface area contributed by atoms with Gasteiger partial charge in [0.25, 0.3) is 5.91 Å². The Morgan fingerprint density at radius 2 is 1.80 bits per heavy atom. The second-order valence-corrected chi connectivity index (χ2v) is 6.14. The molecule has 6 heteroatoms. The smallest absolute Gasteiger partial charge is 0.276 e. The summed E-state index contributed by atoms with van der Waals surface area (Å²) in [5.41, 5.74) is 9.35. The molecule has 0 bridgehead atoms. The molecule has 0 saturated carbocycles. The first-order valence-electron chi connectivity index (χ1n) is 8.12. The second kappa shape index (κ2) is 9.03. The van der Waals surface area contributed by atoms with E-state index in [-0.39, 0.29) is 12.5 Å². The normalized spacial score (nSPS) is 10.0. The molecule has 0 spiro atoms. The maximum absolute atomic E-state index is 11.9. The van der Waals surface area contributed by atoms with Gasteiger partial charge in [-0.1, -0.05) is 31.2 Å². The molecule has 5 nitrogen and oxygen atoms in total. The number of carbonyl (C=O) groups is 1. The Kier molecular flexibility index (Phi) is 6.77. The van der Waals surface area contributed by atoms with Crippen LogP contribution in [0.2, 0.25) is 0 Å². The van der Waals surface area contributed by atoms with Gasteiger partial charge in [-0.3, -0.25) is 15.6 Å². The van der Waals surface area contributed by atoms with Crippen LogP contribution in [0.4, 0.5) is 5.69 Å². The second-order valence-electron chi connectivity index (χ2n) is 5.74. The molecule has 0 fully saturated rings. The van der Waals surface area contributed by atoms with E-state index in [9.17, 15) is 4.79 Å². The zero-order valence-corrected chi connectivity index (χ0v) is 15.5. The Balaban J connectivity index is 1.75. The van der Waals surface area contributed by atoms with Gasteiger partial charge in [0.2, 0.25) is 0 Å². The molecule has 3 N–H and O–H groups in total. The molecule has 2 rings (SSSR count). The van der Waals surface area contributed by atoms with Crippen LogP contribution in [0.3, 0.4) is 0 Å². The number of anilines is 1. The summed E-state index contributed by atoms with van der Waals surface area (Å²) in [6, 6.07) is 13.8. The summed E-state index contributed by atoms with van der Waals surface area (Å²) in [4.78, 5) is 11.9. The zero-order chi connectivity index (χ0) is 18.2. The SMILES string of the molecule is CCc1ccc(NC(=S)NNC(=O)COc2cc(C)ccc2C)cc1. The standard InChI is InChI=1S/C19H23N3O2S/c1-4-15-7-9-16(10-8-15)20-19(25)22-21-18(23)12-24-17-11-13(2)5-6-14(17)3/h5-11H,4,12H2,1-3H3,(H,21,23)(H2,20,22,25). The number of rotatable bonds is 5. The van der Waals surface area contributed by atoms with Gasteiger partial charge in [-0.25, -0.2) is 0 Å². The van der Waals surface area contributed by atoms with Crippen LogP contribution in [0.25, 0.3) is 0 Å². The molecule has 132 valence electrons. The average molecular weight is 357 g/mol. The molecule has 25 heavy (non-hydrogen) atoms. The summed E-state index contributed by atoms with van der Waals surface area (Å²) in [6.07, 6.45) is 0.986. The number of hydrogen-bond donors (Lipinski definition) is 3. The maximum atomic E-state index is 11.9. The Morgan fingerprint density at radius 3 is 2.48 bits per heavy atom. The first-order valence-corrected chi connectivity index (χ1v) is 8.53. The lowest BCUT2D eigenvalue weighted by atomic mass is 10.1. The van der Waals surface area contributed by atoms with Crippen molar-refractivity contribution in [1.29, 1.82) is 0 Å². The minimum atomic E-state index is -0.314. The number of thiocarbonyl (C=S) groups is 1. The minimum Gasteiger partial charge on any atom is -0.483 e. The minimum absolute atomic E-state index is 0.0922. The first-order chi connectivity index (χ1) is 12.0. The molecule has 0 aliphatic rings. The highest BCUT2D eigenvalue weighted by molar-refractivity contribution is 7.80. The van der Waals surface area contributed by atoms with Gasteiger partial charge in [-0.05, 0) is 67.4 Å². The van der Waals surface area contributed by atoms with Crippen molar-refractivity contribution in [3.8, 4) is 5.75 Å². The fraction of sp³-hybridized carbons (Fsp3) is 0.263. The lowest BCUT2D eigenvalue weighted by Crippen LogP contribution is -2.45. The highest BCUT2D eigenvalue weighted by Crippen LogP contribution is 2.18. The Bertz CT molecular complexity index is 745. The number of amides is 1. The molecular weight excluding hydrogens is 334 g/mol. The average Bonchev–Trinajstić information content (AvgIpc) is 2.61.